The zero-order valence-corrected chi connectivity index (χ0v) is 14.1. The highest BCUT2D eigenvalue weighted by Crippen LogP contribution is 2.40. The molecular weight excluding hydrogens is 288 g/mol. The third-order valence-electron chi connectivity index (χ3n) is 4.74. The molecule has 2 saturated heterocycles. The van der Waals surface area contributed by atoms with E-state index in [1.165, 1.54) is 11.1 Å². The molecule has 3 nitrogen and oxygen atoms in total. The van der Waals surface area contributed by atoms with Crippen molar-refractivity contribution >= 4 is 0 Å². The maximum absolute atomic E-state index is 6.42. The molecule has 2 fully saturated rings. The highest BCUT2D eigenvalue weighted by molar-refractivity contribution is 5.13. The molecule has 2 aliphatic rings. The third-order valence-corrected chi connectivity index (χ3v) is 4.74. The van der Waals surface area contributed by atoms with Gasteiger partial charge in [-0.1, -0.05) is 35.9 Å². The van der Waals surface area contributed by atoms with E-state index in [1.807, 2.05) is 18.2 Å². The van der Waals surface area contributed by atoms with Gasteiger partial charge in [0.15, 0.2) is 5.79 Å². The fourth-order valence-electron chi connectivity index (χ4n) is 3.63. The van der Waals surface area contributed by atoms with Crippen LogP contribution < -0.4 is 0 Å². The Bertz CT molecular complexity index is 505. The van der Waals surface area contributed by atoms with Crippen LogP contribution >= 0.6 is 0 Å². The molecule has 0 aliphatic carbocycles. The third kappa shape index (κ3) is 4.23. The highest BCUT2D eigenvalue weighted by Gasteiger charge is 2.48. The van der Waals surface area contributed by atoms with E-state index in [1.54, 1.807) is 0 Å². The highest BCUT2D eigenvalue weighted by atomic mass is 16.7. The molecule has 3 atom stereocenters. The summed E-state index contributed by atoms with van der Waals surface area (Å²) in [6.07, 6.45) is 6.33. The second kappa shape index (κ2) is 7.61. The maximum Gasteiger partial charge on any atom is 0.194 e. The van der Waals surface area contributed by atoms with Crippen LogP contribution in [-0.4, -0.2) is 24.6 Å². The Morgan fingerprint density at radius 3 is 2.78 bits per heavy atom. The second-order valence-electron chi connectivity index (χ2n) is 6.88. The van der Waals surface area contributed by atoms with Crippen LogP contribution in [0, 0.1) is 0 Å². The van der Waals surface area contributed by atoms with Gasteiger partial charge in [0, 0.05) is 6.42 Å². The lowest BCUT2D eigenvalue weighted by Gasteiger charge is -2.48. The predicted molar refractivity (Wildman–Crippen MR) is 91.1 cm³/mol. The first-order chi connectivity index (χ1) is 11.2. The molecule has 2 aliphatic heterocycles. The molecule has 0 aromatic heterocycles. The maximum atomic E-state index is 6.42. The fraction of sp³-hybridized carbons (Fsp3) is 0.600. The van der Waals surface area contributed by atoms with Crippen molar-refractivity contribution in [2.75, 3.05) is 6.61 Å². The average Bonchev–Trinajstić information content (AvgIpc) is 2.55. The Hall–Kier alpha value is -1.16. The van der Waals surface area contributed by atoms with Gasteiger partial charge in [-0.05, 0) is 44.6 Å². The fourth-order valence-corrected chi connectivity index (χ4v) is 3.63. The summed E-state index contributed by atoms with van der Waals surface area (Å²) < 4.78 is 18.8. The Labute approximate surface area is 139 Å². The van der Waals surface area contributed by atoms with Gasteiger partial charge < -0.3 is 14.2 Å². The molecule has 1 spiro atoms. The SMILES string of the molecule is C=C(C)C[C@H]1CC[C@H](OCc2ccccc2)[C@]2(CCCCO2)O1. The molecule has 0 saturated carbocycles. The molecule has 0 bridgehead atoms. The first-order valence-corrected chi connectivity index (χ1v) is 8.80. The Balaban J connectivity index is 1.66. The van der Waals surface area contributed by atoms with Gasteiger partial charge in [0.25, 0.3) is 0 Å². The van der Waals surface area contributed by atoms with Crippen molar-refractivity contribution in [3.8, 4) is 0 Å². The van der Waals surface area contributed by atoms with E-state index in [2.05, 4.69) is 25.6 Å². The number of rotatable bonds is 5. The van der Waals surface area contributed by atoms with Gasteiger partial charge in [0.1, 0.15) is 6.10 Å². The Kier molecular flexibility index (Phi) is 5.52. The van der Waals surface area contributed by atoms with Crippen LogP contribution in [0.3, 0.4) is 0 Å². The molecular formula is C20H28O3. The van der Waals surface area contributed by atoms with Crippen molar-refractivity contribution in [1.29, 1.82) is 0 Å². The molecule has 3 rings (SSSR count). The van der Waals surface area contributed by atoms with Crippen molar-refractivity contribution in [3.05, 3.63) is 48.0 Å². The molecule has 0 unspecified atom stereocenters. The average molecular weight is 316 g/mol. The summed E-state index contributed by atoms with van der Waals surface area (Å²) in [4.78, 5) is 0. The van der Waals surface area contributed by atoms with E-state index in [4.69, 9.17) is 14.2 Å². The van der Waals surface area contributed by atoms with Crippen LogP contribution in [0.1, 0.15) is 51.0 Å². The van der Waals surface area contributed by atoms with Gasteiger partial charge in [-0.2, -0.15) is 0 Å². The molecule has 1 aromatic rings. The minimum Gasteiger partial charge on any atom is -0.368 e. The van der Waals surface area contributed by atoms with E-state index in [0.717, 1.165) is 45.1 Å². The summed E-state index contributed by atoms with van der Waals surface area (Å²) in [5, 5.41) is 0. The summed E-state index contributed by atoms with van der Waals surface area (Å²) >= 11 is 0. The number of hydrogen-bond acceptors (Lipinski definition) is 3. The molecule has 23 heavy (non-hydrogen) atoms. The summed E-state index contributed by atoms with van der Waals surface area (Å²) in [7, 11) is 0. The molecule has 2 heterocycles. The van der Waals surface area contributed by atoms with Gasteiger partial charge >= 0.3 is 0 Å². The molecule has 1 aromatic carbocycles. The van der Waals surface area contributed by atoms with Crippen LogP contribution in [0.2, 0.25) is 0 Å². The standard InChI is InChI=1S/C20H28O3/c1-16(2)14-18-10-11-19(20(23-18)12-6-7-13-22-20)21-15-17-8-4-3-5-9-17/h3-5,8-9,18-19H,1,6-7,10-15H2,2H3/t18-,19+,20+/m1/s1. The van der Waals surface area contributed by atoms with E-state index in [9.17, 15) is 0 Å². The van der Waals surface area contributed by atoms with Gasteiger partial charge in [0.2, 0.25) is 0 Å². The zero-order valence-electron chi connectivity index (χ0n) is 14.1. The van der Waals surface area contributed by atoms with Crippen molar-refractivity contribution in [2.24, 2.45) is 0 Å². The monoisotopic (exact) mass is 316 g/mol. The van der Waals surface area contributed by atoms with Crippen molar-refractivity contribution in [1.82, 2.24) is 0 Å². The lowest BCUT2D eigenvalue weighted by molar-refractivity contribution is -0.342. The van der Waals surface area contributed by atoms with Crippen molar-refractivity contribution in [3.63, 3.8) is 0 Å². The van der Waals surface area contributed by atoms with Gasteiger partial charge in [-0.3, -0.25) is 0 Å². The first-order valence-electron chi connectivity index (χ1n) is 8.80. The molecule has 3 heteroatoms. The topological polar surface area (TPSA) is 27.7 Å². The minimum atomic E-state index is -0.550. The largest absolute Gasteiger partial charge is 0.368 e. The quantitative estimate of drug-likeness (QED) is 0.742. The number of benzene rings is 1. The summed E-state index contributed by atoms with van der Waals surface area (Å²) in [5.41, 5.74) is 2.37. The van der Waals surface area contributed by atoms with E-state index in [-0.39, 0.29) is 12.2 Å². The predicted octanol–water partition coefficient (Wildman–Crippen LogP) is 4.61. The van der Waals surface area contributed by atoms with Crippen LogP contribution in [0.4, 0.5) is 0 Å². The van der Waals surface area contributed by atoms with Crippen LogP contribution in [0.5, 0.6) is 0 Å². The van der Waals surface area contributed by atoms with Gasteiger partial charge in [-0.15, -0.1) is 6.58 Å². The van der Waals surface area contributed by atoms with Crippen LogP contribution in [0.25, 0.3) is 0 Å². The molecule has 126 valence electrons. The minimum absolute atomic E-state index is 0.0179. The number of hydrogen-bond donors (Lipinski definition) is 0. The lowest BCUT2D eigenvalue weighted by atomic mass is 9.90. The van der Waals surface area contributed by atoms with Crippen molar-refractivity contribution in [2.45, 2.75) is 70.1 Å². The lowest BCUT2D eigenvalue weighted by Crippen LogP contribution is -2.55. The molecule has 0 radical (unpaired) electrons. The number of ether oxygens (including phenoxy) is 3. The molecule has 0 amide bonds. The van der Waals surface area contributed by atoms with Crippen LogP contribution in [0.15, 0.2) is 42.5 Å². The zero-order chi connectivity index (χ0) is 16.1. The van der Waals surface area contributed by atoms with E-state index < -0.39 is 5.79 Å². The smallest absolute Gasteiger partial charge is 0.194 e. The summed E-state index contributed by atoms with van der Waals surface area (Å²) in [6.45, 7) is 7.48. The Morgan fingerprint density at radius 2 is 2.09 bits per heavy atom. The van der Waals surface area contributed by atoms with E-state index in [0.29, 0.717) is 6.61 Å². The van der Waals surface area contributed by atoms with Gasteiger partial charge in [-0.25, -0.2) is 0 Å². The summed E-state index contributed by atoms with van der Waals surface area (Å²) in [6, 6.07) is 10.3. The van der Waals surface area contributed by atoms with Crippen LogP contribution in [-0.2, 0) is 20.8 Å². The van der Waals surface area contributed by atoms with Crippen molar-refractivity contribution < 1.29 is 14.2 Å². The summed E-state index contributed by atoms with van der Waals surface area (Å²) in [5.74, 6) is -0.550. The normalized spacial score (nSPS) is 31.2. The van der Waals surface area contributed by atoms with E-state index >= 15 is 0 Å². The second-order valence-corrected chi connectivity index (χ2v) is 6.88. The first kappa shape index (κ1) is 16.7. The Morgan fingerprint density at radius 1 is 1.26 bits per heavy atom. The van der Waals surface area contributed by atoms with Gasteiger partial charge in [0.05, 0.1) is 19.3 Å². The molecule has 0 N–H and O–H groups in total.